The van der Waals surface area contributed by atoms with E-state index in [0.29, 0.717) is 23.7 Å². The molecule has 7 nitrogen and oxygen atoms in total. The van der Waals surface area contributed by atoms with Crippen molar-refractivity contribution in [3.05, 3.63) is 22.7 Å². The molecule has 1 aromatic rings. The molecule has 0 amide bonds. The van der Waals surface area contributed by atoms with E-state index < -0.39 is 16.0 Å². The number of thioether (sulfide) groups is 1. The summed E-state index contributed by atoms with van der Waals surface area (Å²) in [5, 5.41) is 12.0. The second-order valence-electron chi connectivity index (χ2n) is 4.49. The minimum Gasteiger partial charge on any atom is -0.481 e. The molecule has 0 spiro atoms. The molecular formula is C12H14ClN3O4S2. The largest absolute Gasteiger partial charge is 0.481 e. The van der Waals surface area contributed by atoms with Crippen molar-refractivity contribution in [1.82, 2.24) is 10.0 Å². The van der Waals surface area contributed by atoms with Gasteiger partial charge < -0.3 is 10.4 Å². The van der Waals surface area contributed by atoms with Gasteiger partial charge in [0.1, 0.15) is 4.90 Å². The van der Waals surface area contributed by atoms with Gasteiger partial charge in [-0.3, -0.25) is 9.79 Å². The summed E-state index contributed by atoms with van der Waals surface area (Å²) in [5.74, 6) is -1.12. The van der Waals surface area contributed by atoms with Crippen LogP contribution < -0.4 is 10.0 Å². The summed E-state index contributed by atoms with van der Waals surface area (Å²) in [6.07, 6.45) is 0. The molecule has 22 heavy (non-hydrogen) atoms. The standard InChI is InChI=1S/C12H14ClN3O4S2/c1-7-4-10(9(5-8(7)13)21-6-11(17)18)22(19,20)16-12-14-2-3-15-12/h4-5H,2-3,6H2,1H3,(H,17,18)(H2,14,15,16). The zero-order valence-corrected chi connectivity index (χ0v) is 14.0. The van der Waals surface area contributed by atoms with Gasteiger partial charge in [0.25, 0.3) is 10.0 Å². The smallest absolute Gasteiger partial charge is 0.313 e. The van der Waals surface area contributed by atoms with Crippen LogP contribution in [0.5, 0.6) is 0 Å². The molecule has 0 saturated carbocycles. The number of guanidine groups is 1. The van der Waals surface area contributed by atoms with Gasteiger partial charge in [0.15, 0.2) is 0 Å². The Hall–Kier alpha value is -1.45. The van der Waals surface area contributed by atoms with Crippen LogP contribution in [0, 0.1) is 6.92 Å². The minimum atomic E-state index is -3.88. The van der Waals surface area contributed by atoms with Crippen LogP contribution in [0.3, 0.4) is 0 Å². The molecule has 1 aromatic carbocycles. The van der Waals surface area contributed by atoms with E-state index >= 15 is 0 Å². The first-order chi connectivity index (χ1) is 10.3. The first-order valence-corrected chi connectivity index (χ1v) is 9.10. The van der Waals surface area contributed by atoms with Gasteiger partial charge in [-0.25, -0.2) is 13.1 Å². The highest BCUT2D eigenvalue weighted by Crippen LogP contribution is 2.31. The lowest BCUT2D eigenvalue weighted by molar-refractivity contribution is -0.133. The number of benzene rings is 1. The van der Waals surface area contributed by atoms with E-state index in [1.54, 1.807) is 6.92 Å². The molecule has 1 heterocycles. The first kappa shape index (κ1) is 16.9. The SMILES string of the molecule is Cc1cc(S(=O)(=O)NC2=NCCN2)c(SCC(=O)O)cc1Cl. The van der Waals surface area contributed by atoms with Crippen molar-refractivity contribution in [2.24, 2.45) is 4.99 Å². The molecule has 2 rings (SSSR count). The van der Waals surface area contributed by atoms with Gasteiger partial charge in [0.2, 0.25) is 5.96 Å². The molecule has 10 heteroatoms. The van der Waals surface area contributed by atoms with E-state index in [0.717, 1.165) is 11.8 Å². The van der Waals surface area contributed by atoms with Crippen molar-refractivity contribution in [3.63, 3.8) is 0 Å². The Bertz CT molecular complexity index is 734. The summed E-state index contributed by atoms with van der Waals surface area (Å²) in [7, 11) is -3.88. The van der Waals surface area contributed by atoms with Crippen LogP contribution in [0.25, 0.3) is 0 Å². The lowest BCUT2D eigenvalue weighted by Crippen LogP contribution is -2.38. The lowest BCUT2D eigenvalue weighted by atomic mass is 10.2. The number of hydrogen-bond donors (Lipinski definition) is 3. The minimum absolute atomic E-state index is 0.0166. The fourth-order valence-corrected chi connectivity index (χ4v) is 4.32. The number of aliphatic carboxylic acids is 1. The van der Waals surface area contributed by atoms with Crippen LogP contribution in [0.15, 0.2) is 26.9 Å². The van der Waals surface area contributed by atoms with Gasteiger partial charge in [-0.1, -0.05) is 11.6 Å². The Morgan fingerprint density at radius 1 is 1.55 bits per heavy atom. The predicted octanol–water partition coefficient (Wildman–Crippen LogP) is 1.06. The fourth-order valence-electron chi connectivity index (χ4n) is 1.75. The first-order valence-electron chi connectivity index (χ1n) is 6.25. The number of carboxylic acids is 1. The van der Waals surface area contributed by atoms with Crippen LogP contribution in [-0.2, 0) is 14.8 Å². The quantitative estimate of drug-likeness (QED) is 0.675. The second kappa shape index (κ2) is 6.76. The molecule has 0 saturated heterocycles. The Morgan fingerprint density at radius 3 is 2.86 bits per heavy atom. The number of carbonyl (C=O) groups is 1. The Labute approximate surface area is 137 Å². The van der Waals surface area contributed by atoms with Gasteiger partial charge >= 0.3 is 5.97 Å². The third-order valence-electron chi connectivity index (χ3n) is 2.77. The monoisotopic (exact) mass is 363 g/mol. The van der Waals surface area contributed by atoms with E-state index in [9.17, 15) is 13.2 Å². The van der Waals surface area contributed by atoms with Crippen LogP contribution in [0.4, 0.5) is 0 Å². The van der Waals surface area contributed by atoms with E-state index in [1.165, 1.54) is 12.1 Å². The molecule has 120 valence electrons. The zero-order valence-electron chi connectivity index (χ0n) is 11.6. The number of sulfonamides is 1. The van der Waals surface area contributed by atoms with Crippen molar-refractivity contribution in [2.75, 3.05) is 18.8 Å². The van der Waals surface area contributed by atoms with E-state index in [1.807, 2.05) is 0 Å². The summed E-state index contributed by atoms with van der Waals surface area (Å²) < 4.78 is 27.3. The molecule has 3 N–H and O–H groups in total. The Kier molecular flexibility index (Phi) is 5.20. The van der Waals surface area contributed by atoms with Crippen molar-refractivity contribution >= 4 is 45.3 Å². The number of rotatable bonds is 5. The molecule has 0 unspecified atom stereocenters. The second-order valence-corrected chi connectivity index (χ2v) is 7.57. The third kappa shape index (κ3) is 4.05. The fraction of sp³-hybridized carbons (Fsp3) is 0.333. The molecule has 0 atom stereocenters. The van der Waals surface area contributed by atoms with Crippen LogP contribution in [-0.4, -0.2) is 44.3 Å². The number of aryl methyl sites for hydroxylation is 1. The zero-order chi connectivity index (χ0) is 16.3. The summed E-state index contributed by atoms with van der Waals surface area (Å²) in [4.78, 5) is 15.0. The van der Waals surface area contributed by atoms with Crippen molar-refractivity contribution in [2.45, 2.75) is 16.7 Å². The lowest BCUT2D eigenvalue weighted by Gasteiger charge is -2.13. The highest BCUT2D eigenvalue weighted by molar-refractivity contribution is 8.00. The van der Waals surface area contributed by atoms with E-state index in [2.05, 4.69) is 15.0 Å². The molecule has 1 aliphatic rings. The van der Waals surface area contributed by atoms with Gasteiger partial charge in [-0.15, -0.1) is 11.8 Å². The number of nitrogens with one attached hydrogen (secondary N) is 2. The molecular weight excluding hydrogens is 350 g/mol. The molecule has 0 aromatic heterocycles. The normalized spacial score (nSPS) is 14.4. The maximum Gasteiger partial charge on any atom is 0.313 e. The van der Waals surface area contributed by atoms with Gasteiger partial charge in [-0.2, -0.15) is 0 Å². The van der Waals surface area contributed by atoms with Gasteiger partial charge in [0.05, 0.1) is 12.3 Å². The molecule has 1 aliphatic heterocycles. The van der Waals surface area contributed by atoms with Crippen molar-refractivity contribution in [3.8, 4) is 0 Å². The maximum absolute atomic E-state index is 12.5. The number of hydrogen-bond acceptors (Lipinski definition) is 6. The average Bonchev–Trinajstić information content (AvgIpc) is 2.91. The van der Waals surface area contributed by atoms with Crippen molar-refractivity contribution < 1.29 is 18.3 Å². The number of carboxylic acid groups (broad SMARTS) is 1. The summed E-state index contributed by atoms with van der Waals surface area (Å²) in [5.41, 5.74) is 0.586. The third-order valence-corrected chi connectivity index (χ3v) is 5.73. The molecule has 0 fully saturated rings. The highest BCUT2D eigenvalue weighted by Gasteiger charge is 2.23. The topological polar surface area (TPSA) is 108 Å². The van der Waals surface area contributed by atoms with Crippen LogP contribution in [0.2, 0.25) is 5.02 Å². The number of aliphatic imine (C=N–C) groups is 1. The number of nitrogens with zero attached hydrogens (tertiary/aromatic N) is 1. The Balaban J connectivity index is 2.38. The summed E-state index contributed by atoms with van der Waals surface area (Å²) in [6, 6.07) is 2.88. The molecule has 0 aliphatic carbocycles. The van der Waals surface area contributed by atoms with E-state index in [4.69, 9.17) is 16.7 Å². The van der Waals surface area contributed by atoms with Gasteiger partial charge in [0, 0.05) is 16.5 Å². The highest BCUT2D eigenvalue weighted by atomic mass is 35.5. The Morgan fingerprint density at radius 2 is 2.27 bits per heavy atom. The molecule has 0 bridgehead atoms. The predicted molar refractivity (Wildman–Crippen MR) is 85.2 cm³/mol. The van der Waals surface area contributed by atoms with E-state index in [-0.39, 0.29) is 21.5 Å². The van der Waals surface area contributed by atoms with Crippen LogP contribution in [0.1, 0.15) is 5.56 Å². The maximum atomic E-state index is 12.5. The van der Waals surface area contributed by atoms with Crippen LogP contribution >= 0.6 is 23.4 Å². The number of halogens is 1. The van der Waals surface area contributed by atoms with Gasteiger partial charge in [-0.05, 0) is 24.6 Å². The summed E-state index contributed by atoms with van der Waals surface area (Å²) in [6.45, 7) is 2.74. The summed E-state index contributed by atoms with van der Waals surface area (Å²) >= 11 is 6.91. The molecule has 0 radical (unpaired) electrons. The van der Waals surface area contributed by atoms with Crippen molar-refractivity contribution in [1.29, 1.82) is 0 Å². The average molecular weight is 364 g/mol.